The zero-order chi connectivity index (χ0) is 17.1. The van der Waals surface area contributed by atoms with Crippen molar-refractivity contribution in [2.24, 2.45) is 28.1 Å². The summed E-state index contributed by atoms with van der Waals surface area (Å²) in [5.41, 5.74) is -1.17. The molecule has 3 heteroatoms. The van der Waals surface area contributed by atoms with Gasteiger partial charge in [0.05, 0.1) is 11.7 Å². The van der Waals surface area contributed by atoms with Crippen molar-refractivity contribution in [3.8, 4) is 0 Å². The Morgan fingerprint density at radius 2 is 1.87 bits per heavy atom. The van der Waals surface area contributed by atoms with E-state index in [1.54, 1.807) is 0 Å². The van der Waals surface area contributed by atoms with Gasteiger partial charge in [-0.3, -0.25) is 0 Å². The van der Waals surface area contributed by atoms with Gasteiger partial charge in [0.25, 0.3) is 0 Å². The zero-order valence-electron chi connectivity index (χ0n) is 15.0. The Morgan fingerprint density at radius 1 is 1.17 bits per heavy atom. The molecule has 3 aliphatic rings. The van der Waals surface area contributed by atoms with Gasteiger partial charge in [0.15, 0.2) is 0 Å². The Bertz CT molecular complexity index is 491. The molecule has 0 aromatic heterocycles. The fourth-order valence-corrected chi connectivity index (χ4v) is 6.94. The Hall–Kier alpha value is -0.380. The number of hydrogen-bond acceptors (Lipinski definition) is 3. The minimum atomic E-state index is -0.806. The van der Waals surface area contributed by atoms with Crippen LogP contribution >= 0.6 is 0 Å². The van der Waals surface area contributed by atoms with E-state index in [4.69, 9.17) is 0 Å². The molecule has 3 aliphatic carbocycles. The van der Waals surface area contributed by atoms with E-state index in [2.05, 4.69) is 27.4 Å². The van der Waals surface area contributed by atoms with Crippen LogP contribution in [0.2, 0.25) is 0 Å². The van der Waals surface area contributed by atoms with E-state index < -0.39 is 11.7 Å². The molecule has 0 amide bonds. The van der Waals surface area contributed by atoms with Crippen molar-refractivity contribution >= 4 is 0 Å². The number of fused-ring (bicyclic) bond motifs is 3. The van der Waals surface area contributed by atoms with Gasteiger partial charge in [0, 0.05) is 12.5 Å². The van der Waals surface area contributed by atoms with Crippen LogP contribution in [0.15, 0.2) is 12.7 Å². The van der Waals surface area contributed by atoms with E-state index in [0.717, 1.165) is 32.1 Å². The fourth-order valence-electron chi connectivity index (χ4n) is 6.94. The van der Waals surface area contributed by atoms with Crippen LogP contribution in [0.1, 0.15) is 65.7 Å². The fraction of sp³-hybridized carbons (Fsp3) is 0.900. The zero-order valence-corrected chi connectivity index (χ0v) is 15.0. The summed E-state index contributed by atoms with van der Waals surface area (Å²) in [5, 5.41) is 32.5. The Morgan fingerprint density at radius 3 is 2.48 bits per heavy atom. The summed E-state index contributed by atoms with van der Waals surface area (Å²) in [7, 11) is 0. The number of hydrogen-bond donors (Lipinski definition) is 3. The second kappa shape index (κ2) is 5.31. The molecule has 0 saturated heterocycles. The molecular formula is C20H34O3. The third-order valence-corrected chi connectivity index (χ3v) is 7.88. The summed E-state index contributed by atoms with van der Waals surface area (Å²) in [4.78, 5) is 0. The van der Waals surface area contributed by atoms with Crippen LogP contribution in [-0.4, -0.2) is 33.6 Å². The normalized spacial score (nSPS) is 56.5. The van der Waals surface area contributed by atoms with Gasteiger partial charge < -0.3 is 15.3 Å². The lowest BCUT2D eigenvalue weighted by Gasteiger charge is -2.65. The molecule has 3 fully saturated rings. The maximum absolute atomic E-state index is 11.5. The summed E-state index contributed by atoms with van der Waals surface area (Å²) in [5.74, 6) is 0.287. The van der Waals surface area contributed by atoms with Crippen molar-refractivity contribution in [3.05, 3.63) is 12.7 Å². The van der Waals surface area contributed by atoms with Crippen molar-refractivity contribution in [2.45, 2.75) is 77.4 Å². The SMILES string of the molecule is C=C[C@@]1(C)C[C@@H](O)[C@H]2[C@@](O)(CC[C@H]3[C@@](C)(CO)CCC[C@@]32C)C1. The van der Waals surface area contributed by atoms with Crippen molar-refractivity contribution in [3.63, 3.8) is 0 Å². The summed E-state index contributed by atoms with van der Waals surface area (Å²) < 4.78 is 0. The quantitative estimate of drug-likeness (QED) is 0.684. The van der Waals surface area contributed by atoms with E-state index in [1.807, 2.05) is 6.08 Å². The molecule has 0 spiro atoms. The molecule has 3 saturated carbocycles. The first-order valence-corrected chi connectivity index (χ1v) is 9.27. The third-order valence-electron chi connectivity index (χ3n) is 7.88. The average molecular weight is 322 g/mol. The van der Waals surface area contributed by atoms with E-state index in [9.17, 15) is 15.3 Å². The predicted molar refractivity (Wildman–Crippen MR) is 91.9 cm³/mol. The van der Waals surface area contributed by atoms with Crippen molar-refractivity contribution in [1.82, 2.24) is 0 Å². The molecule has 0 aliphatic heterocycles. The molecule has 0 aromatic carbocycles. The van der Waals surface area contributed by atoms with Gasteiger partial charge >= 0.3 is 0 Å². The maximum atomic E-state index is 11.5. The standard InChI is InChI=1S/C20H34O3/c1-5-17(2)11-14(22)16-19(4)9-6-8-18(3,13-21)15(19)7-10-20(16,23)12-17/h5,14-16,21-23H,1,6-13H2,2-4H3/t14-,15+,16-,17+,18-,19+,20-/m1/s1. The van der Waals surface area contributed by atoms with E-state index >= 15 is 0 Å². The average Bonchev–Trinajstić information content (AvgIpc) is 2.45. The number of aliphatic hydroxyl groups excluding tert-OH is 2. The number of aliphatic hydroxyl groups is 3. The molecule has 3 nitrogen and oxygen atoms in total. The molecule has 3 rings (SSSR count). The molecule has 0 radical (unpaired) electrons. The molecule has 23 heavy (non-hydrogen) atoms. The molecule has 0 aromatic rings. The highest BCUT2D eigenvalue weighted by atomic mass is 16.3. The Balaban J connectivity index is 2.01. The van der Waals surface area contributed by atoms with Crippen molar-refractivity contribution in [2.75, 3.05) is 6.61 Å². The maximum Gasteiger partial charge on any atom is 0.0714 e. The summed E-state index contributed by atoms with van der Waals surface area (Å²) in [6, 6.07) is 0. The number of rotatable bonds is 2. The topological polar surface area (TPSA) is 60.7 Å². The van der Waals surface area contributed by atoms with Gasteiger partial charge in [-0.25, -0.2) is 0 Å². The predicted octanol–water partition coefficient (Wildman–Crippen LogP) is 3.28. The molecular weight excluding hydrogens is 288 g/mol. The lowest BCUT2D eigenvalue weighted by Crippen LogP contribution is -2.66. The lowest BCUT2D eigenvalue weighted by atomic mass is 9.41. The first kappa shape index (κ1) is 17.4. The smallest absolute Gasteiger partial charge is 0.0714 e. The minimum absolute atomic E-state index is 0.0762. The van der Waals surface area contributed by atoms with Gasteiger partial charge in [0.1, 0.15) is 0 Å². The first-order chi connectivity index (χ1) is 10.6. The van der Waals surface area contributed by atoms with Crippen LogP contribution in [0.25, 0.3) is 0 Å². The monoisotopic (exact) mass is 322 g/mol. The molecule has 0 bridgehead atoms. The van der Waals surface area contributed by atoms with Gasteiger partial charge in [-0.1, -0.05) is 33.3 Å². The van der Waals surface area contributed by atoms with Crippen molar-refractivity contribution < 1.29 is 15.3 Å². The van der Waals surface area contributed by atoms with Gasteiger partial charge in [-0.05, 0) is 60.7 Å². The van der Waals surface area contributed by atoms with Crippen LogP contribution in [0.4, 0.5) is 0 Å². The van der Waals surface area contributed by atoms with E-state index in [1.165, 1.54) is 0 Å². The van der Waals surface area contributed by atoms with Crippen molar-refractivity contribution in [1.29, 1.82) is 0 Å². The van der Waals surface area contributed by atoms with Crippen LogP contribution in [0, 0.1) is 28.1 Å². The largest absolute Gasteiger partial charge is 0.396 e. The van der Waals surface area contributed by atoms with Crippen LogP contribution in [0.3, 0.4) is 0 Å². The molecule has 132 valence electrons. The third kappa shape index (κ3) is 2.42. The molecule has 0 heterocycles. The minimum Gasteiger partial charge on any atom is -0.396 e. The molecule has 0 unspecified atom stereocenters. The van der Waals surface area contributed by atoms with Crippen LogP contribution in [-0.2, 0) is 0 Å². The molecule has 7 atom stereocenters. The van der Waals surface area contributed by atoms with Gasteiger partial charge in [-0.2, -0.15) is 0 Å². The highest BCUT2D eigenvalue weighted by Crippen LogP contribution is 2.66. The van der Waals surface area contributed by atoms with Crippen LogP contribution in [0.5, 0.6) is 0 Å². The van der Waals surface area contributed by atoms with E-state index in [-0.39, 0.29) is 28.8 Å². The number of allylic oxidation sites excluding steroid dienone is 1. The van der Waals surface area contributed by atoms with Crippen LogP contribution < -0.4 is 0 Å². The Kier molecular flexibility index (Phi) is 4.02. The second-order valence-electron chi connectivity index (χ2n) is 9.65. The summed E-state index contributed by atoms with van der Waals surface area (Å²) in [6.07, 6.45) is 7.64. The Labute approximate surface area is 140 Å². The lowest BCUT2D eigenvalue weighted by molar-refractivity contribution is -0.242. The summed E-state index contributed by atoms with van der Waals surface area (Å²) in [6.45, 7) is 10.7. The highest BCUT2D eigenvalue weighted by Gasteiger charge is 2.64. The van der Waals surface area contributed by atoms with Gasteiger partial charge in [-0.15, -0.1) is 6.58 Å². The van der Waals surface area contributed by atoms with Gasteiger partial charge in [0.2, 0.25) is 0 Å². The highest BCUT2D eigenvalue weighted by molar-refractivity contribution is 5.16. The van der Waals surface area contributed by atoms with E-state index in [0.29, 0.717) is 18.8 Å². The second-order valence-corrected chi connectivity index (χ2v) is 9.65. The molecule has 3 N–H and O–H groups in total. The summed E-state index contributed by atoms with van der Waals surface area (Å²) >= 11 is 0. The first-order valence-electron chi connectivity index (χ1n) is 9.27.